The second-order valence-electron chi connectivity index (χ2n) is 11.1. The van der Waals surface area contributed by atoms with Crippen molar-refractivity contribution in [2.45, 2.75) is 52.2 Å². The average Bonchev–Trinajstić information content (AvgIpc) is 3.51. The van der Waals surface area contributed by atoms with Crippen LogP contribution >= 0.6 is 11.3 Å². The van der Waals surface area contributed by atoms with Gasteiger partial charge in [0.25, 0.3) is 5.91 Å². The molecule has 0 bridgehead atoms. The van der Waals surface area contributed by atoms with E-state index in [1.807, 2.05) is 53.3 Å². The predicted molar refractivity (Wildman–Crippen MR) is 148 cm³/mol. The second kappa shape index (κ2) is 10.5. The Bertz CT molecular complexity index is 1260. The van der Waals surface area contributed by atoms with E-state index in [0.717, 1.165) is 59.4 Å². The van der Waals surface area contributed by atoms with E-state index in [1.165, 1.54) is 6.42 Å². The molecule has 2 amide bonds. The number of piperidine rings is 1. The van der Waals surface area contributed by atoms with Crippen LogP contribution in [0.25, 0.3) is 10.9 Å². The number of hydrogen-bond acceptors (Lipinski definition) is 5. The average molecular weight is 523 g/mol. The Morgan fingerprint density at radius 3 is 2.68 bits per heavy atom. The summed E-state index contributed by atoms with van der Waals surface area (Å²) >= 11 is 1.61. The molecule has 2 aliphatic rings. The predicted octanol–water partition coefficient (Wildman–Crippen LogP) is 4.61. The first kappa shape index (κ1) is 25.8. The van der Waals surface area contributed by atoms with Gasteiger partial charge < -0.3 is 24.4 Å². The minimum Gasteiger partial charge on any atom is -0.497 e. The van der Waals surface area contributed by atoms with E-state index in [2.05, 4.69) is 24.1 Å². The Morgan fingerprint density at radius 2 is 1.97 bits per heavy atom. The van der Waals surface area contributed by atoms with Gasteiger partial charge in [-0.2, -0.15) is 0 Å². The summed E-state index contributed by atoms with van der Waals surface area (Å²) in [6, 6.07) is 11.7. The lowest BCUT2D eigenvalue weighted by Gasteiger charge is -2.44. The molecule has 4 heterocycles. The van der Waals surface area contributed by atoms with E-state index < -0.39 is 5.54 Å². The molecule has 0 saturated carbocycles. The van der Waals surface area contributed by atoms with Crippen molar-refractivity contribution in [1.82, 2.24) is 19.7 Å². The summed E-state index contributed by atoms with van der Waals surface area (Å²) in [4.78, 5) is 33.0. The number of nitrogens with zero attached hydrogens (tertiary/aromatic N) is 3. The van der Waals surface area contributed by atoms with Crippen LogP contribution in [0.4, 0.5) is 0 Å². The molecule has 0 spiro atoms. The van der Waals surface area contributed by atoms with Gasteiger partial charge in [-0.3, -0.25) is 9.59 Å². The van der Waals surface area contributed by atoms with Crippen LogP contribution in [0, 0.1) is 11.8 Å². The van der Waals surface area contributed by atoms with Crippen LogP contribution in [0.5, 0.6) is 5.75 Å². The molecule has 37 heavy (non-hydrogen) atoms. The maximum atomic E-state index is 13.9. The SMILES string of the molecule is COc1ccc2cc3n(c2c1)CC(C)(C(=O)NCCCN1CC(C)CC(C)C1)N(Cc1cccs1)C3=O. The third-order valence-corrected chi connectivity index (χ3v) is 8.76. The zero-order valence-corrected chi connectivity index (χ0v) is 23.1. The molecule has 3 aromatic rings. The molecule has 3 atom stereocenters. The molecule has 2 aliphatic heterocycles. The summed E-state index contributed by atoms with van der Waals surface area (Å²) in [7, 11) is 1.64. The van der Waals surface area contributed by atoms with E-state index in [9.17, 15) is 9.59 Å². The van der Waals surface area contributed by atoms with Gasteiger partial charge in [-0.1, -0.05) is 19.9 Å². The van der Waals surface area contributed by atoms with Crippen molar-refractivity contribution in [3.05, 3.63) is 52.3 Å². The van der Waals surface area contributed by atoms with Gasteiger partial charge in [-0.25, -0.2) is 0 Å². The Kier molecular flexibility index (Phi) is 7.32. The number of hydrogen-bond donors (Lipinski definition) is 1. The van der Waals surface area contributed by atoms with Gasteiger partial charge in [0.1, 0.15) is 17.0 Å². The number of aromatic nitrogens is 1. The first-order valence-electron chi connectivity index (χ1n) is 13.3. The van der Waals surface area contributed by atoms with E-state index in [1.54, 1.807) is 23.3 Å². The summed E-state index contributed by atoms with van der Waals surface area (Å²) in [6.45, 7) is 11.2. The fraction of sp³-hybridized carbons (Fsp3) is 0.517. The van der Waals surface area contributed by atoms with Crippen molar-refractivity contribution in [3.8, 4) is 5.75 Å². The zero-order valence-electron chi connectivity index (χ0n) is 22.3. The van der Waals surface area contributed by atoms with E-state index >= 15 is 0 Å². The van der Waals surface area contributed by atoms with Gasteiger partial charge in [0.2, 0.25) is 5.91 Å². The minimum absolute atomic E-state index is 0.104. The highest BCUT2D eigenvalue weighted by atomic mass is 32.1. The van der Waals surface area contributed by atoms with E-state index in [-0.39, 0.29) is 11.8 Å². The summed E-state index contributed by atoms with van der Waals surface area (Å²) in [6.07, 6.45) is 2.19. The molecule has 1 fully saturated rings. The summed E-state index contributed by atoms with van der Waals surface area (Å²) in [5.74, 6) is 1.95. The Hall–Kier alpha value is -2.84. The lowest BCUT2D eigenvalue weighted by molar-refractivity contribution is -0.133. The molecule has 1 aromatic carbocycles. The number of rotatable bonds is 8. The maximum absolute atomic E-state index is 13.9. The number of fused-ring (bicyclic) bond motifs is 3. The number of benzene rings is 1. The van der Waals surface area contributed by atoms with Crippen molar-refractivity contribution in [3.63, 3.8) is 0 Å². The van der Waals surface area contributed by atoms with Crippen molar-refractivity contribution in [1.29, 1.82) is 0 Å². The normalized spacial score (nSPS) is 24.3. The zero-order chi connectivity index (χ0) is 26.2. The van der Waals surface area contributed by atoms with Crippen molar-refractivity contribution in [2.24, 2.45) is 11.8 Å². The lowest BCUT2D eigenvalue weighted by Crippen LogP contribution is -2.63. The molecule has 5 rings (SSSR count). The highest BCUT2D eigenvalue weighted by Crippen LogP contribution is 2.35. The van der Waals surface area contributed by atoms with Crippen molar-refractivity contribution >= 4 is 34.1 Å². The van der Waals surface area contributed by atoms with Gasteiger partial charge >= 0.3 is 0 Å². The number of carbonyl (C=O) groups excluding carboxylic acids is 2. The molecular weight excluding hydrogens is 484 g/mol. The summed E-state index contributed by atoms with van der Waals surface area (Å²) < 4.78 is 7.43. The molecule has 1 N–H and O–H groups in total. The van der Waals surface area contributed by atoms with Crippen LogP contribution < -0.4 is 10.1 Å². The van der Waals surface area contributed by atoms with Gasteiger partial charge in [0.05, 0.1) is 25.7 Å². The molecule has 2 aromatic heterocycles. The van der Waals surface area contributed by atoms with Gasteiger partial charge in [-0.15, -0.1) is 11.3 Å². The fourth-order valence-electron chi connectivity index (χ4n) is 6.13. The van der Waals surface area contributed by atoms with Crippen LogP contribution in [-0.2, 0) is 17.9 Å². The van der Waals surface area contributed by atoms with E-state index in [4.69, 9.17) is 4.74 Å². The molecule has 3 unspecified atom stereocenters. The van der Waals surface area contributed by atoms with Gasteiger partial charge in [0, 0.05) is 36.0 Å². The number of carbonyl (C=O) groups is 2. The molecular formula is C29H38N4O3S. The van der Waals surface area contributed by atoms with Crippen LogP contribution in [0.15, 0.2) is 41.8 Å². The maximum Gasteiger partial charge on any atom is 0.271 e. The number of ether oxygens (including phenoxy) is 1. The number of amides is 2. The highest BCUT2D eigenvalue weighted by Gasteiger charge is 2.47. The summed E-state index contributed by atoms with van der Waals surface area (Å²) in [5.41, 5.74) is 0.501. The van der Waals surface area contributed by atoms with Crippen molar-refractivity contribution in [2.75, 3.05) is 33.3 Å². The highest BCUT2D eigenvalue weighted by molar-refractivity contribution is 7.09. The third-order valence-electron chi connectivity index (χ3n) is 7.90. The number of nitrogens with one attached hydrogen (secondary N) is 1. The molecule has 0 aliphatic carbocycles. The van der Waals surface area contributed by atoms with E-state index in [0.29, 0.717) is 25.3 Å². The Balaban J connectivity index is 1.36. The fourth-order valence-corrected chi connectivity index (χ4v) is 6.83. The smallest absolute Gasteiger partial charge is 0.271 e. The molecule has 198 valence electrons. The van der Waals surface area contributed by atoms with Crippen LogP contribution in [0.2, 0.25) is 0 Å². The standard InChI is InChI=1S/C29H38N4O3S/c1-20-13-21(2)17-31(16-20)11-6-10-30-28(35)29(3)19-32-25-15-23(36-4)9-8-22(25)14-26(32)27(34)33(29)18-24-7-5-12-37-24/h5,7-9,12,14-15,20-21H,6,10-11,13,16-19H2,1-4H3,(H,30,35). The molecule has 0 radical (unpaired) electrons. The number of likely N-dealkylation sites (tertiary alicyclic amines) is 1. The largest absolute Gasteiger partial charge is 0.497 e. The Morgan fingerprint density at radius 1 is 1.19 bits per heavy atom. The first-order valence-corrected chi connectivity index (χ1v) is 14.2. The monoisotopic (exact) mass is 522 g/mol. The van der Waals surface area contributed by atoms with Crippen LogP contribution in [0.3, 0.4) is 0 Å². The number of methoxy groups -OCH3 is 1. The van der Waals surface area contributed by atoms with Crippen LogP contribution in [0.1, 0.15) is 49.0 Å². The topological polar surface area (TPSA) is 66.8 Å². The minimum atomic E-state index is -1.02. The van der Waals surface area contributed by atoms with Crippen molar-refractivity contribution < 1.29 is 14.3 Å². The first-order chi connectivity index (χ1) is 17.8. The van der Waals surface area contributed by atoms with Gasteiger partial charge in [0.15, 0.2) is 0 Å². The molecule has 8 heteroatoms. The summed E-state index contributed by atoms with van der Waals surface area (Å²) in [5, 5.41) is 6.16. The third kappa shape index (κ3) is 5.14. The van der Waals surface area contributed by atoms with Gasteiger partial charge in [-0.05, 0) is 67.8 Å². The second-order valence-corrected chi connectivity index (χ2v) is 12.1. The van der Waals surface area contributed by atoms with Crippen LogP contribution in [-0.4, -0.2) is 65.0 Å². The molecule has 7 nitrogen and oxygen atoms in total. The Labute approximate surface area is 223 Å². The lowest BCUT2D eigenvalue weighted by atomic mass is 9.92. The number of thiophene rings is 1. The quantitative estimate of drug-likeness (QED) is 0.439. The molecule has 1 saturated heterocycles.